The molecule has 17 heavy (non-hydrogen) atoms. The van der Waals surface area contributed by atoms with Gasteiger partial charge >= 0.3 is 6.18 Å². The summed E-state index contributed by atoms with van der Waals surface area (Å²) >= 11 is 5.50. The molecule has 88 valence electrons. The minimum Gasteiger partial charge on any atom is -0.231 e. The van der Waals surface area contributed by atoms with Crippen molar-refractivity contribution in [3.8, 4) is 11.1 Å². The quantitative estimate of drug-likeness (QED) is 0.689. The van der Waals surface area contributed by atoms with E-state index in [1.807, 2.05) is 0 Å². The Morgan fingerprint density at radius 1 is 0.941 bits per heavy atom. The summed E-state index contributed by atoms with van der Waals surface area (Å²) in [6, 6.07) is 10.9. The predicted octanol–water partition coefficient (Wildman–Crippen LogP) is 4.42. The van der Waals surface area contributed by atoms with E-state index in [2.05, 4.69) is 4.98 Å². The van der Waals surface area contributed by atoms with Crippen LogP contribution >= 0.6 is 11.6 Å². The molecule has 0 radical (unpaired) electrons. The highest BCUT2D eigenvalue weighted by molar-refractivity contribution is 6.29. The van der Waals surface area contributed by atoms with E-state index in [0.29, 0.717) is 5.56 Å². The first kappa shape index (κ1) is 11.9. The lowest BCUT2D eigenvalue weighted by Gasteiger charge is -2.11. The summed E-state index contributed by atoms with van der Waals surface area (Å²) in [6.07, 6.45) is -4.52. The van der Waals surface area contributed by atoms with Crippen LogP contribution in [-0.4, -0.2) is 4.98 Å². The number of hydrogen-bond donors (Lipinski definition) is 0. The Morgan fingerprint density at radius 3 is 2.18 bits per heavy atom. The van der Waals surface area contributed by atoms with E-state index in [4.69, 9.17) is 11.6 Å². The van der Waals surface area contributed by atoms with Gasteiger partial charge < -0.3 is 0 Å². The lowest BCUT2D eigenvalue weighted by molar-refractivity contribution is -0.140. The van der Waals surface area contributed by atoms with E-state index in [9.17, 15) is 13.2 Å². The molecule has 1 aromatic carbocycles. The second kappa shape index (κ2) is 4.37. The molecule has 0 aliphatic heterocycles. The minimum absolute atomic E-state index is 0.0301. The van der Waals surface area contributed by atoms with Crippen LogP contribution in [0.4, 0.5) is 13.2 Å². The van der Waals surface area contributed by atoms with Crippen LogP contribution in [0.1, 0.15) is 5.69 Å². The lowest BCUT2D eigenvalue weighted by atomic mass is 10.0. The third-order valence-corrected chi connectivity index (χ3v) is 2.43. The predicted molar refractivity (Wildman–Crippen MR) is 59.7 cm³/mol. The number of benzene rings is 1. The van der Waals surface area contributed by atoms with Gasteiger partial charge in [-0.15, -0.1) is 0 Å². The smallest absolute Gasteiger partial charge is 0.231 e. The number of hydrogen-bond acceptors (Lipinski definition) is 1. The fourth-order valence-electron chi connectivity index (χ4n) is 1.50. The van der Waals surface area contributed by atoms with Crippen molar-refractivity contribution in [1.82, 2.24) is 4.98 Å². The van der Waals surface area contributed by atoms with Gasteiger partial charge in [0.05, 0.1) is 0 Å². The van der Waals surface area contributed by atoms with Crippen molar-refractivity contribution in [2.24, 2.45) is 0 Å². The molecule has 0 atom stereocenters. The second-order valence-electron chi connectivity index (χ2n) is 3.39. The molecule has 1 heterocycles. The molecule has 1 aromatic heterocycles. The normalized spacial score (nSPS) is 11.5. The zero-order valence-corrected chi connectivity index (χ0v) is 9.26. The van der Waals surface area contributed by atoms with E-state index < -0.39 is 11.9 Å². The Labute approximate surface area is 101 Å². The highest BCUT2D eigenvalue weighted by Crippen LogP contribution is 2.36. The molecular weight excluding hydrogens is 251 g/mol. The molecule has 0 fully saturated rings. The fraction of sp³-hybridized carbons (Fsp3) is 0.0833. The zero-order chi connectivity index (χ0) is 12.5. The number of pyridine rings is 1. The molecule has 2 rings (SSSR count). The van der Waals surface area contributed by atoms with Crippen molar-refractivity contribution < 1.29 is 13.2 Å². The van der Waals surface area contributed by atoms with Gasteiger partial charge in [-0.2, -0.15) is 13.2 Å². The standard InChI is InChI=1S/C12H7ClF3N/c13-10-7-6-9(8-4-2-1-3-5-8)11(17-10)12(14,15)16/h1-7H. The van der Waals surface area contributed by atoms with E-state index in [1.54, 1.807) is 30.3 Å². The number of aromatic nitrogens is 1. The average Bonchev–Trinajstić information content (AvgIpc) is 2.29. The Bertz CT molecular complexity index is 523. The molecule has 0 spiro atoms. The Balaban J connectivity index is 2.63. The van der Waals surface area contributed by atoms with Gasteiger partial charge in [0.2, 0.25) is 0 Å². The van der Waals surface area contributed by atoms with Crippen molar-refractivity contribution >= 4 is 11.6 Å². The molecule has 1 nitrogen and oxygen atoms in total. The van der Waals surface area contributed by atoms with Crippen molar-refractivity contribution in [1.29, 1.82) is 0 Å². The summed E-state index contributed by atoms with van der Waals surface area (Å²) < 4.78 is 38.4. The van der Waals surface area contributed by atoms with E-state index >= 15 is 0 Å². The first-order valence-corrected chi connectivity index (χ1v) is 5.15. The Morgan fingerprint density at radius 2 is 1.59 bits per heavy atom. The summed E-state index contributed by atoms with van der Waals surface area (Å²) in [5.41, 5.74) is -0.470. The van der Waals surface area contributed by atoms with Gasteiger partial charge in [-0.05, 0) is 17.7 Å². The molecule has 5 heteroatoms. The Kier molecular flexibility index (Phi) is 3.07. The first-order chi connectivity index (χ1) is 7.98. The van der Waals surface area contributed by atoms with Gasteiger partial charge in [-0.1, -0.05) is 41.9 Å². The minimum atomic E-state index is -4.52. The summed E-state index contributed by atoms with van der Waals surface area (Å²) in [4.78, 5) is 3.36. The van der Waals surface area contributed by atoms with Gasteiger partial charge in [-0.3, -0.25) is 0 Å². The van der Waals surface area contributed by atoms with Crippen molar-refractivity contribution in [2.75, 3.05) is 0 Å². The second-order valence-corrected chi connectivity index (χ2v) is 3.78. The highest BCUT2D eigenvalue weighted by Gasteiger charge is 2.35. The van der Waals surface area contributed by atoms with E-state index in [-0.39, 0.29) is 10.7 Å². The van der Waals surface area contributed by atoms with Crippen molar-refractivity contribution in [3.63, 3.8) is 0 Å². The highest BCUT2D eigenvalue weighted by atomic mass is 35.5. The van der Waals surface area contributed by atoms with E-state index in [1.165, 1.54) is 12.1 Å². The van der Waals surface area contributed by atoms with Crippen molar-refractivity contribution in [3.05, 3.63) is 53.3 Å². The number of rotatable bonds is 1. The van der Waals surface area contributed by atoms with Crippen LogP contribution in [0.2, 0.25) is 5.15 Å². The van der Waals surface area contributed by atoms with Crippen LogP contribution < -0.4 is 0 Å². The van der Waals surface area contributed by atoms with Gasteiger partial charge in [0.1, 0.15) is 5.15 Å². The maximum atomic E-state index is 12.8. The number of alkyl halides is 3. The maximum Gasteiger partial charge on any atom is 0.434 e. The first-order valence-electron chi connectivity index (χ1n) is 4.77. The third-order valence-electron chi connectivity index (χ3n) is 2.21. The molecular formula is C12H7ClF3N. The molecule has 0 N–H and O–H groups in total. The number of nitrogens with zero attached hydrogens (tertiary/aromatic N) is 1. The topological polar surface area (TPSA) is 12.9 Å². The third kappa shape index (κ3) is 2.58. The molecule has 0 aliphatic carbocycles. The van der Waals surface area contributed by atoms with Crippen LogP contribution in [0.5, 0.6) is 0 Å². The molecule has 0 saturated heterocycles. The monoisotopic (exact) mass is 257 g/mol. The van der Waals surface area contributed by atoms with Gasteiger partial charge in [0.15, 0.2) is 5.69 Å². The Hall–Kier alpha value is -1.55. The summed E-state index contributed by atoms with van der Waals surface area (Å²) in [5.74, 6) is 0. The van der Waals surface area contributed by atoms with Crippen LogP contribution in [0.25, 0.3) is 11.1 Å². The zero-order valence-electron chi connectivity index (χ0n) is 8.50. The lowest BCUT2D eigenvalue weighted by Crippen LogP contribution is -2.10. The molecule has 0 saturated carbocycles. The van der Waals surface area contributed by atoms with Gasteiger partial charge in [-0.25, -0.2) is 4.98 Å². The van der Waals surface area contributed by atoms with Crippen LogP contribution in [0.15, 0.2) is 42.5 Å². The SMILES string of the molecule is FC(F)(F)c1nc(Cl)ccc1-c1ccccc1. The largest absolute Gasteiger partial charge is 0.434 e. The summed E-state index contributed by atoms with van der Waals surface area (Å²) in [5, 5.41) is -0.169. The molecule has 0 aliphatic rings. The summed E-state index contributed by atoms with van der Waals surface area (Å²) in [7, 11) is 0. The van der Waals surface area contributed by atoms with Crippen molar-refractivity contribution in [2.45, 2.75) is 6.18 Å². The molecule has 2 aromatic rings. The fourth-order valence-corrected chi connectivity index (χ4v) is 1.65. The van der Waals surface area contributed by atoms with Gasteiger partial charge in [0, 0.05) is 5.56 Å². The summed E-state index contributed by atoms with van der Waals surface area (Å²) in [6.45, 7) is 0. The van der Waals surface area contributed by atoms with Crippen LogP contribution in [-0.2, 0) is 6.18 Å². The van der Waals surface area contributed by atoms with Crippen LogP contribution in [0.3, 0.4) is 0 Å². The molecule has 0 amide bonds. The number of halogens is 4. The average molecular weight is 258 g/mol. The van der Waals surface area contributed by atoms with E-state index in [0.717, 1.165) is 0 Å². The molecule has 0 bridgehead atoms. The van der Waals surface area contributed by atoms with Crippen LogP contribution in [0, 0.1) is 0 Å². The maximum absolute atomic E-state index is 12.8. The molecule has 0 unspecified atom stereocenters. The van der Waals surface area contributed by atoms with Gasteiger partial charge in [0.25, 0.3) is 0 Å².